The van der Waals surface area contributed by atoms with E-state index in [1.54, 1.807) is 0 Å². The molecule has 2 aliphatic rings. The third-order valence-corrected chi connectivity index (χ3v) is 6.22. The highest BCUT2D eigenvalue weighted by Gasteiger charge is 2.49. The molecule has 1 aliphatic carbocycles. The molecule has 0 radical (unpaired) electrons. The molecule has 116 valence electrons. The Morgan fingerprint density at radius 1 is 1.40 bits per heavy atom. The van der Waals surface area contributed by atoms with Crippen LogP contribution in [0.4, 0.5) is 0 Å². The van der Waals surface area contributed by atoms with Crippen molar-refractivity contribution in [3.05, 3.63) is 0 Å². The molecule has 1 saturated heterocycles. The first-order valence-corrected chi connectivity index (χ1v) is 9.47. The number of hydrogen-bond acceptors (Lipinski definition) is 3. The van der Waals surface area contributed by atoms with Gasteiger partial charge in [0, 0.05) is 11.3 Å². The summed E-state index contributed by atoms with van der Waals surface area (Å²) in [5.74, 6) is 0.338. The highest BCUT2D eigenvalue weighted by atomic mass is 32.2. The molecule has 0 bridgehead atoms. The quantitative estimate of drug-likeness (QED) is 0.844. The van der Waals surface area contributed by atoms with Crippen molar-refractivity contribution in [2.75, 3.05) is 6.26 Å². The van der Waals surface area contributed by atoms with Gasteiger partial charge in [0.15, 0.2) is 0 Å². The van der Waals surface area contributed by atoms with Crippen molar-refractivity contribution >= 4 is 17.7 Å². The summed E-state index contributed by atoms with van der Waals surface area (Å²) >= 11 is 1.97. The third kappa shape index (κ3) is 3.01. The second kappa shape index (κ2) is 6.69. The Balaban J connectivity index is 2.15. The van der Waals surface area contributed by atoms with E-state index in [0.717, 1.165) is 24.5 Å². The molecule has 20 heavy (non-hydrogen) atoms. The van der Waals surface area contributed by atoms with Crippen LogP contribution in [0, 0.1) is 0 Å². The molecule has 2 fully saturated rings. The van der Waals surface area contributed by atoms with Gasteiger partial charge < -0.3 is 4.90 Å². The number of hydrogen-bond donors (Lipinski definition) is 1. The van der Waals surface area contributed by atoms with Crippen LogP contribution >= 0.6 is 11.8 Å². The van der Waals surface area contributed by atoms with E-state index >= 15 is 0 Å². The first-order valence-electron chi connectivity index (χ1n) is 8.19. The standard InChI is InChI=1S/C16H30N2OS/c1-5-8-14-17-16(3,6-2)15(19)18(14)12-9-7-10-13(11-12)20-4/h12-14,17H,5-11H2,1-4H3. The van der Waals surface area contributed by atoms with Gasteiger partial charge in [-0.25, -0.2) is 0 Å². The van der Waals surface area contributed by atoms with Crippen molar-refractivity contribution < 1.29 is 4.79 Å². The van der Waals surface area contributed by atoms with Crippen molar-refractivity contribution in [3.8, 4) is 0 Å². The van der Waals surface area contributed by atoms with Crippen LogP contribution in [0.2, 0.25) is 0 Å². The van der Waals surface area contributed by atoms with Crippen molar-refractivity contribution in [3.63, 3.8) is 0 Å². The Bertz CT molecular complexity index is 349. The van der Waals surface area contributed by atoms with Gasteiger partial charge in [0.25, 0.3) is 0 Å². The Morgan fingerprint density at radius 2 is 2.15 bits per heavy atom. The number of carbonyl (C=O) groups is 1. The van der Waals surface area contributed by atoms with Gasteiger partial charge in [0.05, 0.1) is 11.7 Å². The van der Waals surface area contributed by atoms with E-state index < -0.39 is 0 Å². The number of rotatable bonds is 5. The maximum absolute atomic E-state index is 12.9. The highest BCUT2D eigenvalue weighted by Crippen LogP contribution is 2.35. The van der Waals surface area contributed by atoms with Gasteiger partial charge in [-0.3, -0.25) is 10.1 Å². The minimum atomic E-state index is -0.341. The maximum Gasteiger partial charge on any atom is 0.244 e. The summed E-state index contributed by atoms with van der Waals surface area (Å²) in [6.07, 6.45) is 10.5. The van der Waals surface area contributed by atoms with Gasteiger partial charge in [0.2, 0.25) is 5.91 Å². The zero-order chi connectivity index (χ0) is 14.8. The van der Waals surface area contributed by atoms with E-state index in [9.17, 15) is 4.79 Å². The van der Waals surface area contributed by atoms with E-state index in [4.69, 9.17) is 0 Å². The lowest BCUT2D eigenvalue weighted by Crippen LogP contribution is -2.47. The second-order valence-corrected chi connectivity index (χ2v) is 7.66. The summed E-state index contributed by atoms with van der Waals surface area (Å²) in [5, 5.41) is 4.35. The zero-order valence-electron chi connectivity index (χ0n) is 13.4. The molecule has 0 aromatic rings. The molecule has 1 heterocycles. The molecule has 1 saturated carbocycles. The summed E-state index contributed by atoms with van der Waals surface area (Å²) in [5.41, 5.74) is -0.341. The third-order valence-electron chi connectivity index (χ3n) is 5.12. The molecule has 4 heteroatoms. The van der Waals surface area contributed by atoms with Crippen molar-refractivity contribution in [2.24, 2.45) is 0 Å². The molecule has 1 aliphatic heterocycles. The molecule has 0 aromatic heterocycles. The Kier molecular flexibility index (Phi) is 5.41. The summed E-state index contributed by atoms with van der Waals surface area (Å²) in [6, 6.07) is 0.450. The van der Waals surface area contributed by atoms with Crippen LogP contribution in [-0.4, -0.2) is 40.1 Å². The highest BCUT2D eigenvalue weighted by molar-refractivity contribution is 7.99. The lowest BCUT2D eigenvalue weighted by Gasteiger charge is -2.38. The van der Waals surface area contributed by atoms with E-state index in [0.29, 0.717) is 11.9 Å². The number of nitrogens with one attached hydrogen (secondary N) is 1. The predicted octanol–water partition coefficient (Wildman–Crippen LogP) is 3.39. The van der Waals surface area contributed by atoms with Crippen molar-refractivity contribution in [1.29, 1.82) is 0 Å². The molecule has 3 nitrogen and oxygen atoms in total. The Hall–Kier alpha value is -0.220. The molecule has 4 atom stereocenters. The van der Waals surface area contributed by atoms with Gasteiger partial charge in [-0.15, -0.1) is 0 Å². The van der Waals surface area contributed by atoms with Crippen molar-refractivity contribution in [2.45, 2.75) is 88.7 Å². The average Bonchev–Trinajstić information content (AvgIpc) is 2.72. The first kappa shape index (κ1) is 16.2. The molecule has 1 N–H and O–H groups in total. The van der Waals surface area contributed by atoms with Crippen LogP contribution in [0.25, 0.3) is 0 Å². The average molecular weight is 298 g/mol. The van der Waals surface area contributed by atoms with Crippen molar-refractivity contribution in [1.82, 2.24) is 10.2 Å². The molecule has 4 unspecified atom stereocenters. The number of thioether (sulfide) groups is 1. The first-order chi connectivity index (χ1) is 9.55. The minimum Gasteiger partial charge on any atom is -0.323 e. The normalized spacial score (nSPS) is 38.5. The van der Waals surface area contributed by atoms with Gasteiger partial charge in [0.1, 0.15) is 0 Å². The van der Waals surface area contributed by atoms with Gasteiger partial charge in [-0.1, -0.05) is 26.7 Å². The molecular formula is C16H30N2OS. The number of nitrogens with zero attached hydrogens (tertiary/aromatic N) is 1. The molecule has 0 spiro atoms. The zero-order valence-corrected chi connectivity index (χ0v) is 14.3. The van der Waals surface area contributed by atoms with Crippen LogP contribution in [0.1, 0.15) is 65.7 Å². The van der Waals surface area contributed by atoms with Gasteiger partial charge in [-0.05, 0) is 45.3 Å². The summed E-state index contributed by atoms with van der Waals surface area (Å²) in [6.45, 7) is 6.40. The SMILES string of the molecule is CCCC1NC(C)(CC)C(=O)N1C1CCCC(SC)C1. The van der Waals surface area contributed by atoms with Gasteiger partial charge >= 0.3 is 0 Å². The van der Waals surface area contributed by atoms with E-state index in [-0.39, 0.29) is 11.7 Å². The molecular weight excluding hydrogens is 268 g/mol. The summed E-state index contributed by atoms with van der Waals surface area (Å²) in [7, 11) is 0. The van der Waals surface area contributed by atoms with Crippen LogP contribution in [0.3, 0.4) is 0 Å². The lowest BCUT2D eigenvalue weighted by molar-refractivity contribution is -0.135. The summed E-state index contributed by atoms with van der Waals surface area (Å²) in [4.78, 5) is 15.1. The van der Waals surface area contributed by atoms with Crippen LogP contribution in [0.15, 0.2) is 0 Å². The van der Waals surface area contributed by atoms with Crippen LogP contribution < -0.4 is 5.32 Å². The lowest BCUT2D eigenvalue weighted by atomic mass is 9.92. The summed E-state index contributed by atoms with van der Waals surface area (Å²) < 4.78 is 0. The minimum absolute atomic E-state index is 0.253. The van der Waals surface area contributed by atoms with E-state index in [2.05, 4.69) is 37.2 Å². The van der Waals surface area contributed by atoms with Gasteiger partial charge in [-0.2, -0.15) is 11.8 Å². The largest absolute Gasteiger partial charge is 0.323 e. The second-order valence-electron chi connectivity index (χ2n) is 6.53. The molecule has 0 aromatic carbocycles. The molecule has 1 amide bonds. The Labute approximate surface area is 128 Å². The van der Waals surface area contributed by atoms with Crippen LogP contribution in [0.5, 0.6) is 0 Å². The smallest absolute Gasteiger partial charge is 0.244 e. The fourth-order valence-electron chi connectivity index (χ4n) is 3.67. The predicted molar refractivity (Wildman–Crippen MR) is 86.9 cm³/mol. The maximum atomic E-state index is 12.9. The van der Waals surface area contributed by atoms with E-state index in [1.807, 2.05) is 11.8 Å². The topological polar surface area (TPSA) is 32.3 Å². The van der Waals surface area contributed by atoms with E-state index in [1.165, 1.54) is 25.7 Å². The molecule has 2 rings (SSSR count). The van der Waals surface area contributed by atoms with Crippen LogP contribution in [-0.2, 0) is 4.79 Å². The fourth-order valence-corrected chi connectivity index (χ4v) is 4.49. The number of carbonyl (C=O) groups excluding carboxylic acids is 1. The fraction of sp³-hybridized carbons (Fsp3) is 0.938. The number of amides is 1. The Morgan fingerprint density at radius 3 is 2.75 bits per heavy atom. The monoisotopic (exact) mass is 298 g/mol.